The van der Waals surface area contributed by atoms with Crippen LogP contribution in [0.15, 0.2) is 59.4 Å². The number of nitrogens with zero attached hydrogens (tertiary/aromatic N) is 2. The Kier molecular flexibility index (Phi) is 6.25. The normalized spacial score (nSPS) is 11.6. The first-order valence-corrected chi connectivity index (χ1v) is 9.52. The number of benzene rings is 1. The van der Waals surface area contributed by atoms with Gasteiger partial charge in [0.2, 0.25) is 0 Å². The highest BCUT2D eigenvalue weighted by Gasteiger charge is 2.16. The molecule has 0 spiro atoms. The SMILES string of the molecule is CC(C)(C)OC(=O)C=CNc1ccnc(-c2cc(-c3c(Cl)cccc3Cl)no2)c1. The van der Waals surface area contributed by atoms with E-state index in [-0.39, 0.29) is 0 Å². The third kappa shape index (κ3) is 5.59. The lowest BCUT2D eigenvalue weighted by Crippen LogP contribution is -2.22. The molecule has 3 aromatic rings. The van der Waals surface area contributed by atoms with Gasteiger partial charge in [0.05, 0.1) is 10.0 Å². The van der Waals surface area contributed by atoms with Crippen molar-refractivity contribution in [1.82, 2.24) is 10.1 Å². The Morgan fingerprint density at radius 2 is 1.86 bits per heavy atom. The standard InChI is InChI=1S/C21H19Cl2N3O3/c1-21(2,3)28-19(27)8-10-24-13-7-9-25-16(11-13)18-12-17(26-29-18)20-14(22)5-4-6-15(20)23/h4-12H,1-3H3,(H,24,25). The van der Waals surface area contributed by atoms with Crippen LogP contribution in [0, 0.1) is 0 Å². The van der Waals surface area contributed by atoms with E-state index in [0.29, 0.717) is 38.4 Å². The number of hydrogen-bond acceptors (Lipinski definition) is 6. The zero-order chi connectivity index (χ0) is 21.0. The fourth-order valence-electron chi connectivity index (χ4n) is 2.45. The summed E-state index contributed by atoms with van der Waals surface area (Å²) >= 11 is 12.5. The number of hydrogen-bond donors (Lipinski definition) is 1. The second-order valence-corrected chi connectivity index (χ2v) is 7.93. The van der Waals surface area contributed by atoms with Crippen LogP contribution in [-0.2, 0) is 9.53 Å². The molecule has 0 atom stereocenters. The number of aromatic nitrogens is 2. The first-order chi connectivity index (χ1) is 13.7. The van der Waals surface area contributed by atoms with Crippen LogP contribution < -0.4 is 5.32 Å². The van der Waals surface area contributed by atoms with Gasteiger partial charge in [-0.3, -0.25) is 4.98 Å². The smallest absolute Gasteiger partial charge is 0.332 e. The van der Waals surface area contributed by atoms with E-state index >= 15 is 0 Å². The largest absolute Gasteiger partial charge is 0.457 e. The molecular weight excluding hydrogens is 413 g/mol. The van der Waals surface area contributed by atoms with E-state index in [2.05, 4.69) is 15.5 Å². The van der Waals surface area contributed by atoms with Gasteiger partial charge in [-0.25, -0.2) is 4.79 Å². The van der Waals surface area contributed by atoms with Crippen molar-refractivity contribution in [3.05, 3.63) is 64.9 Å². The first-order valence-electron chi connectivity index (χ1n) is 8.76. The van der Waals surface area contributed by atoms with E-state index in [1.54, 1.807) is 42.6 Å². The van der Waals surface area contributed by atoms with E-state index in [4.69, 9.17) is 32.5 Å². The van der Waals surface area contributed by atoms with Gasteiger partial charge in [-0.05, 0) is 45.0 Å². The van der Waals surface area contributed by atoms with Crippen molar-refractivity contribution in [1.29, 1.82) is 0 Å². The highest BCUT2D eigenvalue weighted by molar-refractivity contribution is 6.39. The maximum atomic E-state index is 11.7. The van der Waals surface area contributed by atoms with Crippen LogP contribution in [-0.4, -0.2) is 21.7 Å². The molecule has 1 N–H and O–H groups in total. The number of rotatable bonds is 5. The van der Waals surface area contributed by atoms with Crippen molar-refractivity contribution >= 4 is 34.9 Å². The molecule has 0 bridgehead atoms. The Morgan fingerprint density at radius 1 is 1.14 bits per heavy atom. The topological polar surface area (TPSA) is 77.2 Å². The maximum absolute atomic E-state index is 11.7. The lowest BCUT2D eigenvalue weighted by Gasteiger charge is -2.17. The summed E-state index contributed by atoms with van der Waals surface area (Å²) in [6.45, 7) is 5.42. The quantitative estimate of drug-likeness (QED) is 0.395. The number of carbonyl (C=O) groups is 1. The van der Waals surface area contributed by atoms with Gasteiger partial charge in [0.15, 0.2) is 5.76 Å². The number of pyridine rings is 1. The third-order valence-corrected chi connectivity index (χ3v) is 4.25. The Morgan fingerprint density at radius 3 is 2.55 bits per heavy atom. The summed E-state index contributed by atoms with van der Waals surface area (Å²) in [7, 11) is 0. The molecule has 6 nitrogen and oxygen atoms in total. The zero-order valence-corrected chi connectivity index (χ0v) is 17.6. The molecule has 0 fully saturated rings. The number of esters is 1. The van der Waals surface area contributed by atoms with Gasteiger partial charge in [-0.15, -0.1) is 0 Å². The van der Waals surface area contributed by atoms with Crippen LogP contribution in [0.2, 0.25) is 10.0 Å². The summed E-state index contributed by atoms with van der Waals surface area (Å²) in [5.41, 5.74) is 1.84. The molecule has 2 heterocycles. The minimum absolute atomic E-state index is 0.434. The maximum Gasteiger partial charge on any atom is 0.332 e. The summed E-state index contributed by atoms with van der Waals surface area (Å²) in [6.07, 6.45) is 4.43. The summed E-state index contributed by atoms with van der Waals surface area (Å²) in [4.78, 5) is 16.0. The molecular formula is C21H19Cl2N3O3. The fourth-order valence-corrected chi connectivity index (χ4v) is 3.04. The highest BCUT2D eigenvalue weighted by atomic mass is 35.5. The zero-order valence-electron chi connectivity index (χ0n) is 16.1. The molecule has 150 valence electrons. The molecule has 8 heteroatoms. The Bertz CT molecular complexity index is 1040. The summed E-state index contributed by atoms with van der Waals surface area (Å²) in [5, 5.41) is 8.02. The van der Waals surface area contributed by atoms with Crippen LogP contribution in [0.5, 0.6) is 0 Å². The predicted molar refractivity (Wildman–Crippen MR) is 114 cm³/mol. The number of halogens is 2. The number of nitrogens with one attached hydrogen (secondary N) is 1. The average molecular weight is 432 g/mol. The number of anilines is 1. The van der Waals surface area contributed by atoms with Crippen molar-refractivity contribution in [2.24, 2.45) is 0 Å². The monoisotopic (exact) mass is 431 g/mol. The number of carbonyl (C=O) groups excluding carboxylic acids is 1. The molecule has 0 aliphatic heterocycles. The molecule has 0 radical (unpaired) electrons. The molecule has 0 saturated carbocycles. The van der Waals surface area contributed by atoms with Crippen molar-refractivity contribution < 1.29 is 14.1 Å². The van der Waals surface area contributed by atoms with Crippen molar-refractivity contribution in [3.63, 3.8) is 0 Å². The van der Waals surface area contributed by atoms with Gasteiger partial charge >= 0.3 is 5.97 Å². The van der Waals surface area contributed by atoms with Crippen molar-refractivity contribution in [2.45, 2.75) is 26.4 Å². The summed E-state index contributed by atoms with van der Waals surface area (Å²) < 4.78 is 10.6. The third-order valence-electron chi connectivity index (χ3n) is 3.62. The molecule has 1 aromatic carbocycles. The predicted octanol–water partition coefficient (Wildman–Crippen LogP) is 5.98. The summed E-state index contributed by atoms with van der Waals surface area (Å²) in [6, 6.07) is 10.5. The molecule has 3 rings (SSSR count). The van der Waals surface area contributed by atoms with Gasteiger partial charge in [0, 0.05) is 35.8 Å². The Balaban J connectivity index is 1.75. The molecule has 0 aliphatic carbocycles. The molecule has 0 saturated heterocycles. The van der Waals surface area contributed by atoms with Gasteiger partial charge in [0.25, 0.3) is 0 Å². The van der Waals surface area contributed by atoms with Gasteiger partial charge < -0.3 is 14.6 Å². The Labute approximate surface area is 178 Å². The first kappa shape index (κ1) is 20.9. The molecule has 29 heavy (non-hydrogen) atoms. The number of ether oxygens (including phenoxy) is 1. The van der Waals surface area contributed by atoms with Gasteiger partial charge in [0.1, 0.15) is 17.0 Å². The van der Waals surface area contributed by atoms with Crippen molar-refractivity contribution in [3.8, 4) is 22.7 Å². The van der Waals surface area contributed by atoms with Crippen LogP contribution in [0.25, 0.3) is 22.7 Å². The minimum Gasteiger partial charge on any atom is -0.457 e. The van der Waals surface area contributed by atoms with E-state index < -0.39 is 11.6 Å². The molecule has 0 aliphatic rings. The van der Waals surface area contributed by atoms with Gasteiger partial charge in [-0.1, -0.05) is 34.4 Å². The Hall–Kier alpha value is -2.83. The van der Waals surface area contributed by atoms with Crippen LogP contribution in [0.3, 0.4) is 0 Å². The van der Waals surface area contributed by atoms with Crippen LogP contribution >= 0.6 is 23.2 Å². The van der Waals surface area contributed by atoms with E-state index in [9.17, 15) is 4.79 Å². The van der Waals surface area contributed by atoms with Crippen molar-refractivity contribution in [2.75, 3.05) is 5.32 Å². The highest BCUT2D eigenvalue weighted by Crippen LogP contribution is 2.35. The van der Waals surface area contributed by atoms with E-state index in [1.165, 1.54) is 12.3 Å². The molecule has 0 amide bonds. The van der Waals surface area contributed by atoms with Gasteiger partial charge in [-0.2, -0.15) is 0 Å². The van der Waals surface area contributed by atoms with E-state index in [1.807, 2.05) is 20.8 Å². The van der Waals surface area contributed by atoms with E-state index in [0.717, 1.165) is 0 Å². The second kappa shape index (κ2) is 8.68. The van der Waals surface area contributed by atoms with Crippen LogP contribution in [0.1, 0.15) is 20.8 Å². The molecule has 2 aromatic heterocycles. The van der Waals surface area contributed by atoms with Crippen LogP contribution in [0.4, 0.5) is 5.69 Å². The minimum atomic E-state index is -0.542. The lowest BCUT2D eigenvalue weighted by molar-refractivity contribution is -0.148. The average Bonchev–Trinajstić information content (AvgIpc) is 3.10. The summed E-state index contributed by atoms with van der Waals surface area (Å²) in [5.74, 6) is 0.0199. The lowest BCUT2D eigenvalue weighted by atomic mass is 10.1. The second-order valence-electron chi connectivity index (χ2n) is 7.11. The molecule has 0 unspecified atom stereocenters. The fraction of sp³-hybridized carbons (Fsp3) is 0.190.